The monoisotopic (exact) mass is 299 g/mol. The number of rotatable bonds is 3. The molecule has 106 valence electrons. The van der Waals surface area contributed by atoms with Crippen LogP contribution in [-0.4, -0.2) is 18.4 Å². The zero-order valence-electron chi connectivity index (χ0n) is 11.3. The molecule has 0 saturated carbocycles. The summed E-state index contributed by atoms with van der Waals surface area (Å²) in [7, 11) is -3.64. The first-order chi connectivity index (χ1) is 10.1. The quantitative estimate of drug-likeness (QED) is 0.807. The van der Waals surface area contributed by atoms with E-state index in [9.17, 15) is 8.42 Å². The van der Waals surface area contributed by atoms with Crippen LogP contribution in [0.5, 0.6) is 0 Å². The molecule has 3 aromatic rings. The van der Waals surface area contributed by atoms with Gasteiger partial charge in [0.2, 0.25) is 0 Å². The van der Waals surface area contributed by atoms with Crippen molar-refractivity contribution in [3.8, 4) is 0 Å². The van der Waals surface area contributed by atoms with Crippen LogP contribution in [0.4, 0.5) is 5.69 Å². The third-order valence-corrected chi connectivity index (χ3v) is 4.48. The topological polar surface area (TPSA) is 72.0 Å². The van der Waals surface area contributed by atoms with Gasteiger partial charge in [-0.1, -0.05) is 18.2 Å². The number of hydrogen-bond donors (Lipinski definition) is 1. The number of para-hydroxylation sites is 1. The van der Waals surface area contributed by atoms with Crippen LogP contribution in [0.2, 0.25) is 0 Å². The molecule has 0 aliphatic rings. The summed E-state index contributed by atoms with van der Waals surface area (Å²) >= 11 is 0. The number of hydrogen-bond acceptors (Lipinski definition) is 4. The summed E-state index contributed by atoms with van der Waals surface area (Å²) in [5.41, 5.74) is 2.34. The molecule has 5 nitrogen and oxygen atoms in total. The Hall–Kier alpha value is -2.47. The average Bonchev–Trinajstić information content (AvgIpc) is 2.48. The largest absolute Gasteiger partial charge is 0.278 e. The molecule has 0 unspecified atom stereocenters. The second-order valence-corrected chi connectivity index (χ2v) is 6.35. The molecule has 1 aromatic carbocycles. The van der Waals surface area contributed by atoms with E-state index in [1.165, 1.54) is 24.7 Å². The number of nitrogens with zero attached hydrogens (tertiary/aromatic N) is 2. The van der Waals surface area contributed by atoms with Gasteiger partial charge in [0.1, 0.15) is 4.90 Å². The second-order valence-electron chi connectivity index (χ2n) is 4.66. The van der Waals surface area contributed by atoms with Crippen molar-refractivity contribution in [2.45, 2.75) is 11.8 Å². The lowest BCUT2D eigenvalue weighted by Gasteiger charge is -2.08. The minimum absolute atomic E-state index is 0.120. The van der Waals surface area contributed by atoms with Gasteiger partial charge in [0.05, 0.1) is 17.4 Å². The second kappa shape index (κ2) is 5.14. The van der Waals surface area contributed by atoms with Gasteiger partial charge in [-0.15, -0.1) is 0 Å². The Labute approximate surface area is 122 Å². The maximum absolute atomic E-state index is 12.2. The zero-order chi connectivity index (χ0) is 14.9. The van der Waals surface area contributed by atoms with Gasteiger partial charge in [-0.2, -0.15) is 0 Å². The molecule has 0 radical (unpaired) electrons. The highest BCUT2D eigenvalue weighted by Gasteiger charge is 2.14. The molecule has 3 rings (SSSR count). The molecule has 2 heterocycles. The van der Waals surface area contributed by atoms with Crippen LogP contribution < -0.4 is 4.72 Å². The van der Waals surface area contributed by atoms with Crippen molar-refractivity contribution in [1.29, 1.82) is 0 Å². The van der Waals surface area contributed by atoms with Crippen molar-refractivity contribution in [3.05, 3.63) is 60.6 Å². The van der Waals surface area contributed by atoms with E-state index < -0.39 is 10.0 Å². The van der Waals surface area contributed by atoms with Crippen LogP contribution in [0.3, 0.4) is 0 Å². The number of sulfonamides is 1. The predicted molar refractivity (Wildman–Crippen MR) is 81.5 cm³/mol. The first-order valence-electron chi connectivity index (χ1n) is 6.34. The number of nitrogens with one attached hydrogen (secondary N) is 1. The van der Waals surface area contributed by atoms with Crippen LogP contribution in [0.25, 0.3) is 10.9 Å². The van der Waals surface area contributed by atoms with Crippen LogP contribution in [0.1, 0.15) is 5.56 Å². The molecule has 0 fully saturated rings. The van der Waals surface area contributed by atoms with E-state index in [0.29, 0.717) is 5.69 Å². The molecular weight excluding hydrogens is 286 g/mol. The minimum Gasteiger partial charge on any atom is -0.278 e. The SMILES string of the molecule is Cc1cccc2cc(NS(=O)(=O)c3cccnc3)cnc12. The summed E-state index contributed by atoms with van der Waals surface area (Å²) in [6.45, 7) is 1.97. The number of aromatic nitrogens is 2. The number of anilines is 1. The van der Waals surface area contributed by atoms with E-state index in [1.54, 1.807) is 12.1 Å². The Balaban J connectivity index is 1.99. The highest BCUT2D eigenvalue weighted by atomic mass is 32.2. The normalized spacial score (nSPS) is 11.5. The number of pyridine rings is 2. The zero-order valence-corrected chi connectivity index (χ0v) is 12.1. The van der Waals surface area contributed by atoms with Crippen molar-refractivity contribution in [3.63, 3.8) is 0 Å². The fourth-order valence-electron chi connectivity index (χ4n) is 2.09. The van der Waals surface area contributed by atoms with Crippen molar-refractivity contribution < 1.29 is 8.42 Å². The van der Waals surface area contributed by atoms with Gasteiger partial charge in [0.15, 0.2) is 0 Å². The lowest BCUT2D eigenvalue weighted by atomic mass is 10.1. The summed E-state index contributed by atoms with van der Waals surface area (Å²) in [6, 6.07) is 10.6. The molecule has 0 amide bonds. The first-order valence-corrected chi connectivity index (χ1v) is 7.83. The molecular formula is C15H13N3O2S. The van der Waals surface area contributed by atoms with Gasteiger partial charge in [0.25, 0.3) is 10.0 Å². The summed E-state index contributed by atoms with van der Waals surface area (Å²) < 4.78 is 27.0. The van der Waals surface area contributed by atoms with E-state index in [4.69, 9.17) is 0 Å². The number of benzene rings is 1. The number of aryl methyl sites for hydroxylation is 1. The summed E-state index contributed by atoms with van der Waals surface area (Å²) in [6.07, 6.45) is 4.35. The summed E-state index contributed by atoms with van der Waals surface area (Å²) in [4.78, 5) is 8.26. The fraction of sp³-hybridized carbons (Fsp3) is 0.0667. The Morgan fingerprint density at radius 1 is 1.10 bits per heavy atom. The molecule has 21 heavy (non-hydrogen) atoms. The first kappa shape index (κ1) is 13.5. The molecule has 0 spiro atoms. The molecule has 0 saturated heterocycles. The minimum atomic E-state index is -3.64. The highest BCUT2D eigenvalue weighted by molar-refractivity contribution is 7.92. The van der Waals surface area contributed by atoms with Crippen LogP contribution in [0.15, 0.2) is 59.9 Å². The van der Waals surface area contributed by atoms with Gasteiger partial charge in [0, 0.05) is 17.8 Å². The third kappa shape index (κ3) is 2.71. The summed E-state index contributed by atoms with van der Waals surface area (Å²) in [5.74, 6) is 0. The van der Waals surface area contributed by atoms with E-state index in [0.717, 1.165) is 16.5 Å². The molecule has 0 aliphatic heterocycles. The van der Waals surface area contributed by atoms with E-state index >= 15 is 0 Å². The molecule has 0 atom stereocenters. The van der Waals surface area contributed by atoms with Gasteiger partial charge >= 0.3 is 0 Å². The van der Waals surface area contributed by atoms with Crippen molar-refractivity contribution in [1.82, 2.24) is 9.97 Å². The third-order valence-electron chi connectivity index (χ3n) is 3.11. The lowest BCUT2D eigenvalue weighted by molar-refractivity contribution is 0.601. The molecule has 0 aliphatic carbocycles. The average molecular weight is 299 g/mol. The van der Waals surface area contributed by atoms with Crippen molar-refractivity contribution in [2.24, 2.45) is 0 Å². The van der Waals surface area contributed by atoms with Crippen LogP contribution >= 0.6 is 0 Å². The Morgan fingerprint density at radius 2 is 1.95 bits per heavy atom. The molecule has 6 heteroatoms. The van der Waals surface area contributed by atoms with E-state index in [1.807, 2.05) is 25.1 Å². The standard InChI is InChI=1S/C15H13N3O2S/c1-11-4-2-5-12-8-13(9-17-15(11)12)18-21(19,20)14-6-3-7-16-10-14/h2-10,18H,1H3. The van der Waals surface area contributed by atoms with Crippen molar-refractivity contribution >= 4 is 26.6 Å². The van der Waals surface area contributed by atoms with Gasteiger partial charge in [-0.3, -0.25) is 14.7 Å². The van der Waals surface area contributed by atoms with Gasteiger partial charge in [-0.05, 0) is 30.7 Å². The Bertz CT molecular complexity index is 893. The molecule has 2 aromatic heterocycles. The Morgan fingerprint density at radius 3 is 2.71 bits per heavy atom. The maximum atomic E-state index is 12.2. The van der Waals surface area contributed by atoms with E-state index in [2.05, 4.69) is 14.7 Å². The van der Waals surface area contributed by atoms with Crippen molar-refractivity contribution in [2.75, 3.05) is 4.72 Å². The Kier molecular flexibility index (Phi) is 3.31. The summed E-state index contributed by atoms with van der Waals surface area (Å²) in [5, 5.41) is 0.890. The number of fused-ring (bicyclic) bond motifs is 1. The maximum Gasteiger partial charge on any atom is 0.263 e. The van der Waals surface area contributed by atoms with Crippen LogP contribution in [-0.2, 0) is 10.0 Å². The van der Waals surface area contributed by atoms with E-state index in [-0.39, 0.29) is 4.90 Å². The smallest absolute Gasteiger partial charge is 0.263 e. The van der Waals surface area contributed by atoms with Gasteiger partial charge in [-0.25, -0.2) is 8.42 Å². The highest BCUT2D eigenvalue weighted by Crippen LogP contribution is 2.21. The predicted octanol–water partition coefficient (Wildman–Crippen LogP) is 2.74. The van der Waals surface area contributed by atoms with Gasteiger partial charge < -0.3 is 0 Å². The van der Waals surface area contributed by atoms with Crippen LogP contribution in [0, 0.1) is 6.92 Å². The fourth-order valence-corrected chi connectivity index (χ4v) is 3.09. The molecule has 1 N–H and O–H groups in total. The molecule has 0 bridgehead atoms. The lowest BCUT2D eigenvalue weighted by Crippen LogP contribution is -2.13.